The monoisotopic (exact) mass is 235 g/mol. The molecule has 0 aliphatic carbocycles. The first-order valence-corrected chi connectivity index (χ1v) is 5.96. The molecule has 0 aromatic heterocycles. The molecule has 0 fully saturated rings. The van der Waals surface area contributed by atoms with Crippen LogP contribution in [0.25, 0.3) is 0 Å². The number of carbonyl (C=O) groups is 1. The summed E-state index contributed by atoms with van der Waals surface area (Å²) in [5.74, 6) is 0.355. The van der Waals surface area contributed by atoms with Gasteiger partial charge in [-0.05, 0) is 30.0 Å². The molecule has 0 spiro atoms. The Kier molecular flexibility index (Phi) is 5.01. The van der Waals surface area contributed by atoms with Gasteiger partial charge >= 0.3 is 5.97 Å². The zero-order valence-electron chi connectivity index (χ0n) is 11.1. The molecule has 1 aromatic rings. The highest BCUT2D eigenvalue weighted by molar-refractivity contribution is 5.75. The van der Waals surface area contributed by atoms with Gasteiger partial charge in [-0.3, -0.25) is 4.79 Å². The van der Waals surface area contributed by atoms with E-state index in [-0.39, 0.29) is 12.5 Å². The van der Waals surface area contributed by atoms with Crippen LogP contribution >= 0.6 is 0 Å². The van der Waals surface area contributed by atoms with Gasteiger partial charge in [0, 0.05) is 12.7 Å². The third kappa shape index (κ3) is 3.77. The molecule has 17 heavy (non-hydrogen) atoms. The smallest absolute Gasteiger partial charge is 0.325 e. The SMILES string of the molecule is CCC(C)c1ccc(N(C)CC(=O)OC)cc1. The molecule has 1 rings (SSSR count). The van der Waals surface area contributed by atoms with E-state index in [9.17, 15) is 4.79 Å². The summed E-state index contributed by atoms with van der Waals surface area (Å²) >= 11 is 0. The molecule has 1 atom stereocenters. The fourth-order valence-electron chi connectivity index (χ4n) is 1.64. The number of nitrogens with zero attached hydrogens (tertiary/aromatic N) is 1. The summed E-state index contributed by atoms with van der Waals surface area (Å²) in [6.45, 7) is 4.67. The molecular formula is C14H21NO2. The van der Waals surface area contributed by atoms with E-state index >= 15 is 0 Å². The second-order valence-corrected chi connectivity index (χ2v) is 4.33. The summed E-state index contributed by atoms with van der Waals surface area (Å²) in [5, 5.41) is 0. The maximum atomic E-state index is 11.2. The quantitative estimate of drug-likeness (QED) is 0.735. The van der Waals surface area contributed by atoms with Gasteiger partial charge in [0.25, 0.3) is 0 Å². The zero-order chi connectivity index (χ0) is 12.8. The van der Waals surface area contributed by atoms with E-state index < -0.39 is 0 Å². The number of esters is 1. The summed E-state index contributed by atoms with van der Waals surface area (Å²) in [4.78, 5) is 13.0. The molecule has 3 heteroatoms. The van der Waals surface area contributed by atoms with Gasteiger partial charge in [0.2, 0.25) is 0 Å². The molecule has 0 radical (unpaired) electrons. The summed E-state index contributed by atoms with van der Waals surface area (Å²) in [6.07, 6.45) is 1.14. The highest BCUT2D eigenvalue weighted by Gasteiger charge is 2.08. The Bertz CT molecular complexity index is 359. The number of hydrogen-bond acceptors (Lipinski definition) is 3. The van der Waals surface area contributed by atoms with Crippen molar-refractivity contribution >= 4 is 11.7 Å². The summed E-state index contributed by atoms with van der Waals surface area (Å²) in [7, 11) is 3.29. The van der Waals surface area contributed by atoms with Crippen LogP contribution in [0, 0.1) is 0 Å². The van der Waals surface area contributed by atoms with Crippen molar-refractivity contribution in [3.05, 3.63) is 29.8 Å². The van der Waals surface area contributed by atoms with Gasteiger partial charge in [-0.25, -0.2) is 0 Å². The van der Waals surface area contributed by atoms with Gasteiger partial charge < -0.3 is 9.64 Å². The number of benzene rings is 1. The van der Waals surface area contributed by atoms with Gasteiger partial charge in [-0.15, -0.1) is 0 Å². The average molecular weight is 235 g/mol. The largest absolute Gasteiger partial charge is 0.468 e. The Morgan fingerprint density at radius 1 is 1.35 bits per heavy atom. The molecule has 0 N–H and O–H groups in total. The van der Waals surface area contributed by atoms with E-state index in [1.165, 1.54) is 12.7 Å². The number of carbonyl (C=O) groups excluding carboxylic acids is 1. The minimum Gasteiger partial charge on any atom is -0.468 e. The third-order valence-corrected chi connectivity index (χ3v) is 3.11. The summed E-state index contributed by atoms with van der Waals surface area (Å²) < 4.78 is 4.64. The van der Waals surface area contributed by atoms with E-state index in [0.29, 0.717) is 5.92 Å². The van der Waals surface area contributed by atoms with Crippen LogP contribution in [0.15, 0.2) is 24.3 Å². The average Bonchev–Trinajstić information content (AvgIpc) is 2.37. The van der Waals surface area contributed by atoms with E-state index in [2.05, 4.69) is 30.7 Å². The molecule has 94 valence electrons. The predicted octanol–water partition coefficient (Wildman–Crippen LogP) is 2.81. The molecule has 0 heterocycles. The van der Waals surface area contributed by atoms with Crippen LogP contribution < -0.4 is 4.90 Å². The van der Waals surface area contributed by atoms with Crippen molar-refractivity contribution in [3.8, 4) is 0 Å². The van der Waals surface area contributed by atoms with E-state index in [4.69, 9.17) is 0 Å². The Morgan fingerprint density at radius 3 is 2.41 bits per heavy atom. The Hall–Kier alpha value is -1.51. The maximum Gasteiger partial charge on any atom is 0.325 e. The summed E-state index contributed by atoms with van der Waals surface area (Å²) in [6, 6.07) is 8.34. The van der Waals surface area contributed by atoms with Crippen LogP contribution in [0.1, 0.15) is 31.7 Å². The van der Waals surface area contributed by atoms with Crippen LogP contribution in [-0.2, 0) is 9.53 Å². The van der Waals surface area contributed by atoms with E-state index in [1.54, 1.807) is 0 Å². The Morgan fingerprint density at radius 2 is 1.94 bits per heavy atom. The lowest BCUT2D eigenvalue weighted by Gasteiger charge is -2.18. The lowest BCUT2D eigenvalue weighted by molar-refractivity contribution is -0.138. The standard InChI is InChI=1S/C14H21NO2/c1-5-11(2)12-6-8-13(9-7-12)15(3)10-14(16)17-4/h6-9,11H,5,10H2,1-4H3. The van der Waals surface area contributed by atoms with Crippen molar-refractivity contribution in [1.82, 2.24) is 0 Å². The van der Waals surface area contributed by atoms with Crippen molar-refractivity contribution in [2.24, 2.45) is 0 Å². The lowest BCUT2D eigenvalue weighted by Crippen LogP contribution is -2.26. The zero-order valence-corrected chi connectivity index (χ0v) is 11.1. The minimum atomic E-state index is -0.224. The second kappa shape index (κ2) is 6.28. The maximum absolute atomic E-state index is 11.2. The van der Waals surface area contributed by atoms with E-state index in [1.807, 2.05) is 24.1 Å². The molecule has 0 amide bonds. The fraction of sp³-hybridized carbons (Fsp3) is 0.500. The number of methoxy groups -OCH3 is 1. The molecule has 0 saturated heterocycles. The van der Waals surface area contributed by atoms with Crippen molar-refractivity contribution in [2.45, 2.75) is 26.2 Å². The molecule has 1 unspecified atom stereocenters. The number of likely N-dealkylation sites (N-methyl/N-ethyl adjacent to an activating group) is 1. The van der Waals surface area contributed by atoms with Gasteiger partial charge in [0.15, 0.2) is 0 Å². The fourth-order valence-corrected chi connectivity index (χ4v) is 1.64. The predicted molar refractivity (Wildman–Crippen MR) is 70.4 cm³/mol. The molecular weight excluding hydrogens is 214 g/mol. The molecule has 3 nitrogen and oxygen atoms in total. The molecule has 0 bridgehead atoms. The Balaban J connectivity index is 2.70. The van der Waals surface area contributed by atoms with Gasteiger partial charge in [-0.2, -0.15) is 0 Å². The molecule has 0 aliphatic heterocycles. The highest BCUT2D eigenvalue weighted by atomic mass is 16.5. The van der Waals surface area contributed by atoms with Crippen LogP contribution in [0.3, 0.4) is 0 Å². The van der Waals surface area contributed by atoms with Gasteiger partial charge in [0.05, 0.1) is 7.11 Å². The van der Waals surface area contributed by atoms with Crippen molar-refractivity contribution in [1.29, 1.82) is 0 Å². The molecule has 1 aromatic carbocycles. The van der Waals surface area contributed by atoms with Crippen LogP contribution in [0.4, 0.5) is 5.69 Å². The Labute approximate surface area is 103 Å². The van der Waals surface area contributed by atoms with Crippen LogP contribution in [-0.4, -0.2) is 26.7 Å². The molecule has 0 aliphatic rings. The normalized spacial score (nSPS) is 12.0. The van der Waals surface area contributed by atoms with Gasteiger partial charge in [-0.1, -0.05) is 26.0 Å². The van der Waals surface area contributed by atoms with Crippen LogP contribution in [0.2, 0.25) is 0 Å². The number of hydrogen-bond donors (Lipinski definition) is 0. The van der Waals surface area contributed by atoms with Crippen LogP contribution in [0.5, 0.6) is 0 Å². The lowest BCUT2D eigenvalue weighted by atomic mass is 9.98. The first kappa shape index (κ1) is 13.6. The van der Waals surface area contributed by atoms with Crippen molar-refractivity contribution in [2.75, 3.05) is 25.6 Å². The van der Waals surface area contributed by atoms with Crippen molar-refractivity contribution < 1.29 is 9.53 Å². The van der Waals surface area contributed by atoms with Crippen molar-refractivity contribution in [3.63, 3.8) is 0 Å². The third-order valence-electron chi connectivity index (χ3n) is 3.11. The number of anilines is 1. The molecule has 0 saturated carbocycles. The second-order valence-electron chi connectivity index (χ2n) is 4.33. The van der Waals surface area contributed by atoms with Gasteiger partial charge in [0.1, 0.15) is 6.54 Å². The highest BCUT2D eigenvalue weighted by Crippen LogP contribution is 2.21. The number of ether oxygens (including phenoxy) is 1. The first-order chi connectivity index (χ1) is 8.08. The first-order valence-electron chi connectivity index (χ1n) is 5.96. The van der Waals surface area contributed by atoms with E-state index in [0.717, 1.165) is 12.1 Å². The topological polar surface area (TPSA) is 29.5 Å². The number of rotatable bonds is 5. The summed E-state index contributed by atoms with van der Waals surface area (Å²) in [5.41, 5.74) is 2.37. The minimum absolute atomic E-state index is 0.224.